The Balaban J connectivity index is 1.88. The van der Waals surface area contributed by atoms with E-state index in [1.165, 1.54) is 23.9 Å². The van der Waals surface area contributed by atoms with Gasteiger partial charge in [0.1, 0.15) is 11.5 Å². The standard InChI is InChI=1S/C18H16N2O3S/c1-10-3-6-14(11(2)7-10)19-18-20-17(23)16(24-18)8-12-4-5-13(21)9-15(12)22/h3-9,21-22H,1-2H3,(H,19,20,23)/b16-8-. The van der Waals surface area contributed by atoms with Crippen LogP contribution in [0.5, 0.6) is 11.5 Å². The number of aromatic hydroxyl groups is 2. The highest BCUT2D eigenvalue weighted by atomic mass is 32.2. The molecule has 2 aromatic carbocycles. The molecule has 0 radical (unpaired) electrons. The Bertz CT molecular complexity index is 888. The number of amides is 1. The molecule has 1 saturated heterocycles. The van der Waals surface area contributed by atoms with E-state index < -0.39 is 0 Å². The fraction of sp³-hybridized carbons (Fsp3) is 0.111. The fourth-order valence-electron chi connectivity index (χ4n) is 2.32. The Morgan fingerprint density at radius 3 is 2.62 bits per heavy atom. The largest absolute Gasteiger partial charge is 0.508 e. The number of thioether (sulfide) groups is 1. The van der Waals surface area contributed by atoms with Crippen molar-refractivity contribution in [3.05, 3.63) is 58.0 Å². The molecule has 0 saturated carbocycles. The number of hydrogen-bond donors (Lipinski definition) is 3. The highest BCUT2D eigenvalue weighted by Crippen LogP contribution is 2.32. The molecule has 3 rings (SSSR count). The molecule has 1 aliphatic heterocycles. The van der Waals surface area contributed by atoms with Crippen molar-refractivity contribution < 1.29 is 15.0 Å². The minimum atomic E-state index is -0.268. The number of amidine groups is 1. The van der Waals surface area contributed by atoms with Gasteiger partial charge in [-0.1, -0.05) is 17.7 Å². The van der Waals surface area contributed by atoms with Crippen LogP contribution >= 0.6 is 11.8 Å². The zero-order valence-corrected chi connectivity index (χ0v) is 14.0. The molecule has 24 heavy (non-hydrogen) atoms. The molecule has 6 heteroatoms. The highest BCUT2D eigenvalue weighted by Gasteiger charge is 2.24. The maximum atomic E-state index is 12.1. The lowest BCUT2D eigenvalue weighted by Gasteiger charge is -2.02. The van der Waals surface area contributed by atoms with Gasteiger partial charge in [-0.15, -0.1) is 0 Å². The third kappa shape index (κ3) is 3.44. The van der Waals surface area contributed by atoms with Gasteiger partial charge < -0.3 is 15.5 Å². The molecule has 0 aliphatic carbocycles. The summed E-state index contributed by atoms with van der Waals surface area (Å²) in [6.07, 6.45) is 1.57. The van der Waals surface area contributed by atoms with Gasteiger partial charge in [-0.25, -0.2) is 4.99 Å². The summed E-state index contributed by atoms with van der Waals surface area (Å²) in [5, 5.41) is 22.4. The van der Waals surface area contributed by atoms with E-state index in [-0.39, 0.29) is 17.4 Å². The van der Waals surface area contributed by atoms with Crippen molar-refractivity contribution in [3.8, 4) is 11.5 Å². The second-order valence-corrected chi connectivity index (χ2v) is 6.55. The van der Waals surface area contributed by atoms with Crippen LogP contribution in [0.15, 0.2) is 46.3 Å². The third-order valence-corrected chi connectivity index (χ3v) is 4.44. The Morgan fingerprint density at radius 2 is 1.92 bits per heavy atom. The fourth-order valence-corrected chi connectivity index (χ4v) is 3.14. The van der Waals surface area contributed by atoms with Gasteiger partial charge in [0.15, 0.2) is 5.17 Å². The Kier molecular flexibility index (Phi) is 4.31. The molecule has 1 heterocycles. The average Bonchev–Trinajstić information content (AvgIpc) is 2.85. The smallest absolute Gasteiger partial charge is 0.264 e. The van der Waals surface area contributed by atoms with Gasteiger partial charge in [-0.3, -0.25) is 4.79 Å². The Hall–Kier alpha value is -2.73. The van der Waals surface area contributed by atoms with Gasteiger partial charge in [0, 0.05) is 11.6 Å². The van der Waals surface area contributed by atoms with Gasteiger partial charge in [0.2, 0.25) is 0 Å². The van der Waals surface area contributed by atoms with Crippen LogP contribution in [-0.4, -0.2) is 21.3 Å². The average molecular weight is 340 g/mol. The Labute approximate surface area is 143 Å². The molecule has 5 nitrogen and oxygen atoms in total. The normalized spacial score (nSPS) is 17.5. The van der Waals surface area contributed by atoms with Crippen molar-refractivity contribution in [3.63, 3.8) is 0 Å². The number of aryl methyl sites for hydroxylation is 2. The zero-order chi connectivity index (χ0) is 17.3. The summed E-state index contributed by atoms with van der Waals surface area (Å²) in [4.78, 5) is 17.0. The van der Waals surface area contributed by atoms with Crippen LogP contribution in [0.4, 0.5) is 5.69 Å². The number of aliphatic imine (C=N–C) groups is 1. The first kappa shape index (κ1) is 16.1. The predicted molar refractivity (Wildman–Crippen MR) is 96.5 cm³/mol. The van der Waals surface area contributed by atoms with E-state index in [9.17, 15) is 15.0 Å². The van der Waals surface area contributed by atoms with E-state index in [1.807, 2.05) is 32.0 Å². The van der Waals surface area contributed by atoms with E-state index in [0.717, 1.165) is 16.8 Å². The number of carbonyl (C=O) groups is 1. The molecule has 0 atom stereocenters. The summed E-state index contributed by atoms with van der Waals surface area (Å²) in [7, 11) is 0. The molecule has 0 bridgehead atoms. The summed E-state index contributed by atoms with van der Waals surface area (Å²) >= 11 is 1.21. The number of nitrogens with one attached hydrogen (secondary N) is 1. The number of carbonyl (C=O) groups excluding carboxylic acids is 1. The van der Waals surface area contributed by atoms with Crippen molar-refractivity contribution in [1.82, 2.24) is 5.32 Å². The molecule has 0 unspecified atom stereocenters. The summed E-state index contributed by atoms with van der Waals surface area (Å²) in [5.74, 6) is -0.387. The summed E-state index contributed by atoms with van der Waals surface area (Å²) in [5.41, 5.74) is 3.45. The van der Waals surface area contributed by atoms with Gasteiger partial charge in [0.05, 0.1) is 10.6 Å². The summed E-state index contributed by atoms with van der Waals surface area (Å²) in [6, 6.07) is 10.1. The van der Waals surface area contributed by atoms with Crippen LogP contribution in [0.1, 0.15) is 16.7 Å². The Morgan fingerprint density at radius 1 is 1.12 bits per heavy atom. The molecule has 1 amide bonds. The second kappa shape index (κ2) is 6.41. The number of nitrogens with zero attached hydrogens (tertiary/aromatic N) is 1. The summed E-state index contributed by atoms with van der Waals surface area (Å²) in [6.45, 7) is 3.99. The molecule has 3 N–H and O–H groups in total. The lowest BCUT2D eigenvalue weighted by molar-refractivity contribution is -0.115. The SMILES string of the molecule is Cc1ccc(N=C2NC(=O)/C(=C/c3ccc(O)cc3O)S2)c(C)c1. The lowest BCUT2D eigenvalue weighted by Crippen LogP contribution is -2.19. The van der Waals surface area contributed by atoms with Crippen molar-refractivity contribution in [1.29, 1.82) is 0 Å². The van der Waals surface area contributed by atoms with E-state index in [2.05, 4.69) is 10.3 Å². The molecule has 122 valence electrons. The molecule has 2 aromatic rings. The first-order chi connectivity index (χ1) is 11.4. The van der Waals surface area contributed by atoms with Crippen molar-refractivity contribution >= 4 is 34.6 Å². The topological polar surface area (TPSA) is 81.9 Å². The van der Waals surface area contributed by atoms with Crippen LogP contribution in [-0.2, 0) is 4.79 Å². The van der Waals surface area contributed by atoms with E-state index in [0.29, 0.717) is 15.6 Å². The summed E-state index contributed by atoms with van der Waals surface area (Å²) < 4.78 is 0. The van der Waals surface area contributed by atoms with Crippen molar-refractivity contribution in [2.45, 2.75) is 13.8 Å². The minimum absolute atomic E-state index is 0.0322. The van der Waals surface area contributed by atoms with Crippen molar-refractivity contribution in [2.75, 3.05) is 0 Å². The van der Waals surface area contributed by atoms with Gasteiger partial charge in [-0.05, 0) is 55.4 Å². The van der Waals surface area contributed by atoms with Crippen LogP contribution in [0.3, 0.4) is 0 Å². The minimum Gasteiger partial charge on any atom is -0.508 e. The van der Waals surface area contributed by atoms with E-state index in [4.69, 9.17) is 0 Å². The van der Waals surface area contributed by atoms with E-state index in [1.54, 1.807) is 12.1 Å². The zero-order valence-electron chi connectivity index (χ0n) is 13.2. The van der Waals surface area contributed by atoms with Crippen molar-refractivity contribution in [2.24, 2.45) is 4.99 Å². The molecule has 0 spiro atoms. The van der Waals surface area contributed by atoms with Crippen LogP contribution in [0.25, 0.3) is 6.08 Å². The monoisotopic (exact) mass is 340 g/mol. The van der Waals surface area contributed by atoms with Crippen LogP contribution < -0.4 is 5.32 Å². The first-order valence-electron chi connectivity index (χ1n) is 7.31. The van der Waals surface area contributed by atoms with Gasteiger partial charge in [0.25, 0.3) is 5.91 Å². The maximum Gasteiger partial charge on any atom is 0.264 e. The molecular formula is C18H16N2O3S. The first-order valence-corrected chi connectivity index (χ1v) is 8.13. The van der Waals surface area contributed by atoms with Crippen LogP contribution in [0, 0.1) is 13.8 Å². The van der Waals surface area contributed by atoms with Crippen LogP contribution in [0.2, 0.25) is 0 Å². The van der Waals surface area contributed by atoms with E-state index >= 15 is 0 Å². The molecule has 1 fully saturated rings. The predicted octanol–water partition coefficient (Wildman–Crippen LogP) is 3.61. The second-order valence-electron chi connectivity index (χ2n) is 5.51. The number of phenolic OH excluding ortho intramolecular Hbond substituents is 2. The number of hydrogen-bond acceptors (Lipinski definition) is 5. The maximum absolute atomic E-state index is 12.1. The third-order valence-electron chi connectivity index (χ3n) is 3.53. The quantitative estimate of drug-likeness (QED) is 0.730. The van der Waals surface area contributed by atoms with Gasteiger partial charge >= 0.3 is 0 Å². The number of phenols is 2. The molecule has 0 aromatic heterocycles. The number of benzene rings is 2. The molecular weight excluding hydrogens is 324 g/mol. The molecule has 1 aliphatic rings. The number of rotatable bonds is 2. The highest BCUT2D eigenvalue weighted by molar-refractivity contribution is 8.18. The lowest BCUT2D eigenvalue weighted by atomic mass is 10.1. The van der Waals surface area contributed by atoms with Gasteiger partial charge in [-0.2, -0.15) is 0 Å².